The maximum absolute atomic E-state index is 13.5. The highest BCUT2D eigenvalue weighted by atomic mass is 32.2. The number of hydrogen-bond acceptors (Lipinski definition) is 3. The molecule has 4 heteroatoms. The lowest BCUT2D eigenvalue weighted by Gasteiger charge is -2.40. The molecule has 0 bridgehead atoms. The van der Waals surface area contributed by atoms with Crippen molar-refractivity contribution in [2.24, 2.45) is 5.73 Å². The molecule has 1 aliphatic rings. The van der Waals surface area contributed by atoms with Crippen LogP contribution in [-0.2, 0) is 6.42 Å². The quantitative estimate of drug-likeness (QED) is 0.924. The number of halogens is 1. The van der Waals surface area contributed by atoms with Crippen LogP contribution >= 0.6 is 11.8 Å². The lowest BCUT2D eigenvalue weighted by Crippen LogP contribution is -2.45. The summed E-state index contributed by atoms with van der Waals surface area (Å²) in [5.41, 5.74) is 8.07. The Morgan fingerprint density at radius 2 is 2.21 bits per heavy atom. The van der Waals surface area contributed by atoms with Crippen LogP contribution < -0.4 is 10.6 Å². The van der Waals surface area contributed by atoms with E-state index in [1.807, 2.05) is 24.8 Å². The van der Waals surface area contributed by atoms with Gasteiger partial charge in [0.15, 0.2) is 0 Å². The molecule has 0 aliphatic carbocycles. The van der Waals surface area contributed by atoms with Crippen molar-refractivity contribution >= 4 is 17.4 Å². The van der Waals surface area contributed by atoms with E-state index in [2.05, 4.69) is 18.7 Å². The van der Waals surface area contributed by atoms with Gasteiger partial charge in [0.05, 0.1) is 0 Å². The number of hydrogen-bond donors (Lipinski definition) is 1. The van der Waals surface area contributed by atoms with E-state index in [0.29, 0.717) is 11.3 Å². The van der Waals surface area contributed by atoms with Gasteiger partial charge < -0.3 is 10.6 Å². The molecule has 0 radical (unpaired) electrons. The highest BCUT2D eigenvalue weighted by Crippen LogP contribution is 2.32. The van der Waals surface area contributed by atoms with Gasteiger partial charge in [-0.25, -0.2) is 4.39 Å². The van der Waals surface area contributed by atoms with Gasteiger partial charge in [-0.15, -0.1) is 0 Å². The maximum Gasteiger partial charge on any atom is 0.123 e. The molecule has 1 aliphatic heterocycles. The zero-order valence-corrected chi connectivity index (χ0v) is 12.7. The fourth-order valence-corrected chi connectivity index (χ4v) is 3.72. The molecule has 1 aromatic carbocycles. The molecule has 1 heterocycles. The van der Waals surface area contributed by atoms with E-state index in [4.69, 9.17) is 5.73 Å². The van der Waals surface area contributed by atoms with Crippen LogP contribution in [0.2, 0.25) is 0 Å². The smallest absolute Gasteiger partial charge is 0.123 e. The van der Waals surface area contributed by atoms with Crippen molar-refractivity contribution in [2.75, 3.05) is 17.2 Å². The molecule has 0 saturated carbocycles. The minimum Gasteiger partial charge on any atom is -0.367 e. The van der Waals surface area contributed by atoms with E-state index in [-0.39, 0.29) is 11.9 Å². The number of nitrogens with zero attached hydrogens (tertiary/aromatic N) is 1. The summed E-state index contributed by atoms with van der Waals surface area (Å²) >= 11 is 2.01. The van der Waals surface area contributed by atoms with Crippen LogP contribution in [-0.4, -0.2) is 29.6 Å². The summed E-state index contributed by atoms with van der Waals surface area (Å²) < 4.78 is 13.5. The second kappa shape index (κ2) is 6.14. The molecule has 1 saturated heterocycles. The lowest BCUT2D eigenvalue weighted by atomic mass is 10.0. The fourth-order valence-electron chi connectivity index (χ4n) is 2.62. The highest BCUT2D eigenvalue weighted by Gasteiger charge is 2.26. The third-order valence-electron chi connectivity index (χ3n) is 3.78. The summed E-state index contributed by atoms with van der Waals surface area (Å²) in [4.78, 5) is 2.40. The van der Waals surface area contributed by atoms with Crippen molar-refractivity contribution in [3.05, 3.63) is 29.6 Å². The molecule has 19 heavy (non-hydrogen) atoms. The van der Waals surface area contributed by atoms with Crippen LogP contribution in [0, 0.1) is 5.82 Å². The minimum absolute atomic E-state index is 0.0486. The first kappa shape index (κ1) is 14.7. The Hall–Kier alpha value is -0.740. The molecule has 0 amide bonds. The maximum atomic E-state index is 13.5. The predicted molar refractivity (Wildman–Crippen MR) is 82.5 cm³/mol. The standard InChI is InChI=1S/C15H23FN2S/c1-10(17)8-13-9-14(16)4-5-15(13)18-6-7-19-12(3)11(18)2/h4-5,9-12H,6-8,17H2,1-3H3. The fraction of sp³-hybridized carbons (Fsp3) is 0.600. The molecule has 2 nitrogen and oxygen atoms in total. The molecule has 2 N–H and O–H groups in total. The molecular formula is C15H23FN2S. The van der Waals surface area contributed by atoms with Gasteiger partial charge >= 0.3 is 0 Å². The van der Waals surface area contributed by atoms with E-state index in [9.17, 15) is 4.39 Å². The van der Waals surface area contributed by atoms with Gasteiger partial charge in [0.1, 0.15) is 5.82 Å². The van der Waals surface area contributed by atoms with Gasteiger partial charge in [0.2, 0.25) is 0 Å². The molecule has 0 aromatic heterocycles. The number of rotatable bonds is 3. The summed E-state index contributed by atoms with van der Waals surface area (Å²) in [7, 11) is 0. The van der Waals surface area contributed by atoms with Crippen LogP contribution in [0.15, 0.2) is 18.2 Å². The van der Waals surface area contributed by atoms with Gasteiger partial charge in [-0.05, 0) is 44.0 Å². The summed E-state index contributed by atoms with van der Waals surface area (Å²) in [5.74, 6) is 0.951. The third kappa shape index (κ3) is 3.42. The SMILES string of the molecule is CC(N)Cc1cc(F)ccc1N1CCSC(C)C1C. The second-order valence-electron chi connectivity index (χ2n) is 5.46. The Morgan fingerprint density at radius 3 is 2.89 bits per heavy atom. The van der Waals surface area contributed by atoms with Crippen molar-refractivity contribution in [3.63, 3.8) is 0 Å². The largest absolute Gasteiger partial charge is 0.367 e. The van der Waals surface area contributed by atoms with E-state index in [0.717, 1.165) is 30.0 Å². The van der Waals surface area contributed by atoms with Gasteiger partial charge in [0.25, 0.3) is 0 Å². The summed E-state index contributed by atoms with van der Waals surface area (Å²) in [6, 6.07) is 5.62. The Balaban J connectivity index is 2.32. The van der Waals surface area contributed by atoms with Gasteiger partial charge in [-0.2, -0.15) is 11.8 Å². The van der Waals surface area contributed by atoms with Crippen molar-refractivity contribution in [3.8, 4) is 0 Å². The summed E-state index contributed by atoms with van der Waals surface area (Å²) in [6.07, 6.45) is 0.720. The van der Waals surface area contributed by atoms with Crippen LogP contribution in [0.5, 0.6) is 0 Å². The zero-order valence-electron chi connectivity index (χ0n) is 11.9. The Labute approximate surface area is 119 Å². The van der Waals surface area contributed by atoms with Gasteiger partial charge in [-0.1, -0.05) is 6.92 Å². The number of thioether (sulfide) groups is 1. The Morgan fingerprint density at radius 1 is 1.47 bits per heavy atom. The predicted octanol–water partition coefficient (Wildman–Crippen LogP) is 3.05. The van der Waals surface area contributed by atoms with Crippen molar-refractivity contribution in [1.29, 1.82) is 0 Å². The molecule has 2 rings (SSSR count). The monoisotopic (exact) mass is 282 g/mol. The van der Waals surface area contributed by atoms with Gasteiger partial charge in [0, 0.05) is 35.3 Å². The van der Waals surface area contributed by atoms with Crippen LogP contribution in [0.25, 0.3) is 0 Å². The Bertz CT molecular complexity index is 436. The minimum atomic E-state index is -0.175. The third-order valence-corrected chi connectivity index (χ3v) is 5.11. The summed E-state index contributed by atoms with van der Waals surface area (Å²) in [5, 5.41) is 0.599. The molecule has 3 unspecified atom stereocenters. The van der Waals surface area contributed by atoms with Crippen LogP contribution in [0.1, 0.15) is 26.3 Å². The van der Waals surface area contributed by atoms with E-state index in [1.54, 1.807) is 12.1 Å². The highest BCUT2D eigenvalue weighted by molar-refractivity contribution is 8.00. The van der Waals surface area contributed by atoms with Crippen molar-refractivity contribution in [1.82, 2.24) is 0 Å². The molecule has 1 aromatic rings. The molecule has 3 atom stereocenters. The zero-order chi connectivity index (χ0) is 14.0. The average Bonchev–Trinajstić information content (AvgIpc) is 2.33. The molecule has 106 valence electrons. The number of anilines is 1. The van der Waals surface area contributed by atoms with Crippen molar-refractivity contribution in [2.45, 2.75) is 44.5 Å². The first-order valence-electron chi connectivity index (χ1n) is 6.91. The summed E-state index contributed by atoms with van der Waals surface area (Å²) in [6.45, 7) is 7.49. The first-order chi connectivity index (χ1) is 8.99. The van der Waals surface area contributed by atoms with Crippen molar-refractivity contribution < 1.29 is 4.39 Å². The molecule has 0 spiro atoms. The topological polar surface area (TPSA) is 29.3 Å². The number of benzene rings is 1. The second-order valence-corrected chi connectivity index (χ2v) is 6.95. The number of nitrogens with two attached hydrogens (primary N) is 1. The average molecular weight is 282 g/mol. The normalized spacial score (nSPS) is 25.4. The van der Waals surface area contributed by atoms with E-state index in [1.165, 1.54) is 0 Å². The first-order valence-corrected chi connectivity index (χ1v) is 7.96. The van der Waals surface area contributed by atoms with E-state index >= 15 is 0 Å². The van der Waals surface area contributed by atoms with Gasteiger partial charge in [-0.3, -0.25) is 0 Å². The van der Waals surface area contributed by atoms with Crippen LogP contribution in [0.3, 0.4) is 0 Å². The van der Waals surface area contributed by atoms with Crippen LogP contribution in [0.4, 0.5) is 10.1 Å². The molecule has 1 fully saturated rings. The van der Waals surface area contributed by atoms with E-state index < -0.39 is 0 Å². The lowest BCUT2D eigenvalue weighted by molar-refractivity contribution is 0.608. The molecular weight excluding hydrogens is 259 g/mol. The Kier molecular flexibility index (Phi) is 4.74.